The Hall–Kier alpha value is -1.92. The third-order valence-electron chi connectivity index (χ3n) is 4.93. The first-order valence-electron chi connectivity index (χ1n) is 8.61. The fraction of sp³-hybridized carbons (Fsp3) is 0.556. The van der Waals surface area contributed by atoms with Crippen molar-refractivity contribution in [2.75, 3.05) is 51.7 Å². The Balaban J connectivity index is 1.92. The Morgan fingerprint density at radius 2 is 2.25 bits per heavy atom. The first-order valence-corrected chi connectivity index (χ1v) is 8.61. The molecule has 2 saturated heterocycles. The largest absolute Gasteiger partial charge is 0.368 e. The molecule has 2 atom stereocenters. The van der Waals surface area contributed by atoms with E-state index in [1.54, 1.807) is 12.3 Å². The Morgan fingerprint density at radius 3 is 3.00 bits per heavy atom. The van der Waals surface area contributed by atoms with E-state index in [9.17, 15) is 4.79 Å². The van der Waals surface area contributed by atoms with Gasteiger partial charge in [0.15, 0.2) is 0 Å². The van der Waals surface area contributed by atoms with E-state index in [4.69, 9.17) is 0 Å². The number of nitrogens with zero attached hydrogens (tertiary/aromatic N) is 4. The number of aldehydes is 1. The SMILES string of the molecule is CC1CN(/C(=C/C=O)c2cccnc2N(C)C)CC2CNCCN12. The third kappa shape index (κ3) is 3.30. The van der Waals surface area contributed by atoms with Crippen molar-refractivity contribution in [2.45, 2.75) is 19.0 Å². The molecule has 1 aromatic heterocycles. The predicted molar refractivity (Wildman–Crippen MR) is 97.0 cm³/mol. The number of hydrogen-bond donors (Lipinski definition) is 1. The zero-order valence-electron chi connectivity index (χ0n) is 14.8. The van der Waals surface area contributed by atoms with Gasteiger partial charge < -0.3 is 15.1 Å². The zero-order chi connectivity index (χ0) is 17.1. The summed E-state index contributed by atoms with van der Waals surface area (Å²) in [5.41, 5.74) is 1.98. The van der Waals surface area contributed by atoms with E-state index in [2.05, 4.69) is 27.0 Å². The molecule has 0 saturated carbocycles. The van der Waals surface area contributed by atoms with Crippen LogP contribution in [-0.4, -0.2) is 80.0 Å². The minimum absolute atomic E-state index is 0.473. The van der Waals surface area contributed by atoms with Gasteiger partial charge >= 0.3 is 0 Å². The number of carbonyl (C=O) groups excluding carboxylic acids is 1. The molecule has 6 nitrogen and oxygen atoms in total. The number of carbonyl (C=O) groups is 1. The predicted octanol–water partition coefficient (Wildman–Crippen LogP) is 0.665. The molecule has 2 unspecified atom stereocenters. The summed E-state index contributed by atoms with van der Waals surface area (Å²) in [5.74, 6) is 0.891. The van der Waals surface area contributed by atoms with E-state index in [1.165, 1.54) is 0 Å². The van der Waals surface area contributed by atoms with E-state index in [0.717, 1.165) is 56.1 Å². The van der Waals surface area contributed by atoms with Gasteiger partial charge in [-0.15, -0.1) is 0 Å². The minimum atomic E-state index is 0.473. The van der Waals surface area contributed by atoms with Crippen LogP contribution >= 0.6 is 0 Å². The summed E-state index contributed by atoms with van der Waals surface area (Å²) >= 11 is 0. The molecule has 130 valence electrons. The van der Waals surface area contributed by atoms with Crippen molar-refractivity contribution in [3.63, 3.8) is 0 Å². The molecule has 0 aromatic carbocycles. The van der Waals surface area contributed by atoms with Crippen molar-refractivity contribution < 1.29 is 4.79 Å². The Morgan fingerprint density at radius 1 is 1.42 bits per heavy atom. The van der Waals surface area contributed by atoms with Gasteiger partial charge in [0.25, 0.3) is 0 Å². The highest BCUT2D eigenvalue weighted by atomic mass is 16.1. The standard InChI is InChI=1S/C18H27N5O/c1-14-12-22(13-15-11-19-8-9-23(14)15)17(6-10-24)16-5-4-7-20-18(16)21(2)3/h4-7,10,14-15,19H,8-9,11-13H2,1-3H3/b17-6+. The molecule has 0 amide bonds. The van der Waals surface area contributed by atoms with Crippen LogP contribution < -0.4 is 10.2 Å². The molecule has 0 radical (unpaired) electrons. The van der Waals surface area contributed by atoms with Crippen LogP contribution in [0.2, 0.25) is 0 Å². The lowest BCUT2D eigenvalue weighted by Crippen LogP contribution is -2.64. The van der Waals surface area contributed by atoms with Crippen molar-refractivity contribution in [1.82, 2.24) is 20.1 Å². The Kier molecular flexibility index (Phi) is 5.16. The molecule has 3 heterocycles. The van der Waals surface area contributed by atoms with E-state index < -0.39 is 0 Å². The lowest BCUT2D eigenvalue weighted by molar-refractivity contribution is -0.104. The van der Waals surface area contributed by atoms with Crippen LogP contribution in [0.15, 0.2) is 24.4 Å². The van der Waals surface area contributed by atoms with Crippen molar-refractivity contribution in [3.05, 3.63) is 30.0 Å². The maximum atomic E-state index is 11.3. The average molecular weight is 329 g/mol. The van der Waals surface area contributed by atoms with E-state index in [1.807, 2.05) is 31.1 Å². The summed E-state index contributed by atoms with van der Waals surface area (Å²) < 4.78 is 0. The van der Waals surface area contributed by atoms with Gasteiger partial charge in [0.1, 0.15) is 12.1 Å². The third-order valence-corrected chi connectivity index (χ3v) is 4.93. The van der Waals surface area contributed by atoms with Gasteiger partial charge in [-0.1, -0.05) is 0 Å². The number of aromatic nitrogens is 1. The summed E-state index contributed by atoms with van der Waals surface area (Å²) in [5, 5.41) is 3.49. The second-order valence-corrected chi connectivity index (χ2v) is 6.81. The zero-order valence-corrected chi connectivity index (χ0v) is 14.8. The molecule has 1 N–H and O–H groups in total. The van der Waals surface area contributed by atoms with Crippen molar-refractivity contribution in [1.29, 1.82) is 0 Å². The molecule has 2 aliphatic rings. The van der Waals surface area contributed by atoms with Crippen LogP contribution in [0.3, 0.4) is 0 Å². The summed E-state index contributed by atoms with van der Waals surface area (Å²) in [7, 11) is 3.96. The Labute approximate surface area is 144 Å². The highest BCUT2D eigenvalue weighted by Gasteiger charge is 2.34. The molecule has 0 bridgehead atoms. The first-order chi connectivity index (χ1) is 11.6. The molecule has 2 aliphatic heterocycles. The number of nitrogens with one attached hydrogen (secondary N) is 1. The maximum Gasteiger partial charge on any atom is 0.144 e. The molecule has 2 fully saturated rings. The van der Waals surface area contributed by atoms with Crippen LogP contribution in [0.1, 0.15) is 12.5 Å². The quantitative estimate of drug-likeness (QED) is 0.647. The summed E-state index contributed by atoms with van der Waals surface area (Å²) in [6.45, 7) is 7.30. The molecular formula is C18H27N5O. The van der Waals surface area contributed by atoms with Crippen molar-refractivity contribution in [3.8, 4) is 0 Å². The molecular weight excluding hydrogens is 302 g/mol. The fourth-order valence-electron chi connectivity index (χ4n) is 3.86. The Bertz CT molecular complexity index is 615. The fourth-order valence-corrected chi connectivity index (χ4v) is 3.86. The number of rotatable bonds is 4. The number of hydrogen-bond acceptors (Lipinski definition) is 6. The van der Waals surface area contributed by atoms with Crippen LogP contribution in [0.4, 0.5) is 5.82 Å². The second kappa shape index (κ2) is 7.32. The van der Waals surface area contributed by atoms with Crippen LogP contribution in [0.5, 0.6) is 0 Å². The van der Waals surface area contributed by atoms with Gasteiger partial charge in [0, 0.05) is 76.7 Å². The molecule has 3 rings (SSSR count). The van der Waals surface area contributed by atoms with Crippen LogP contribution in [0.25, 0.3) is 5.70 Å². The van der Waals surface area contributed by atoms with Gasteiger partial charge in [0.2, 0.25) is 0 Å². The van der Waals surface area contributed by atoms with E-state index in [0.29, 0.717) is 12.1 Å². The maximum absolute atomic E-state index is 11.3. The number of fused-ring (bicyclic) bond motifs is 1. The van der Waals surface area contributed by atoms with Crippen LogP contribution in [0, 0.1) is 0 Å². The average Bonchev–Trinajstić information content (AvgIpc) is 2.59. The van der Waals surface area contributed by atoms with Gasteiger partial charge in [0.05, 0.1) is 5.70 Å². The number of pyridine rings is 1. The summed E-state index contributed by atoms with van der Waals surface area (Å²) in [6.07, 6.45) is 4.36. The van der Waals surface area contributed by atoms with Gasteiger partial charge in [-0.05, 0) is 19.1 Å². The number of anilines is 1. The summed E-state index contributed by atoms with van der Waals surface area (Å²) in [4.78, 5) is 22.7. The van der Waals surface area contributed by atoms with E-state index in [-0.39, 0.29) is 0 Å². The number of allylic oxidation sites excluding steroid dienone is 1. The molecule has 0 aliphatic carbocycles. The minimum Gasteiger partial charge on any atom is -0.368 e. The highest BCUT2D eigenvalue weighted by molar-refractivity contribution is 5.84. The van der Waals surface area contributed by atoms with Gasteiger partial charge in [-0.2, -0.15) is 0 Å². The number of piperazine rings is 2. The molecule has 1 aromatic rings. The van der Waals surface area contributed by atoms with Crippen molar-refractivity contribution in [2.24, 2.45) is 0 Å². The first kappa shape index (κ1) is 16.9. The topological polar surface area (TPSA) is 51.7 Å². The van der Waals surface area contributed by atoms with E-state index >= 15 is 0 Å². The smallest absolute Gasteiger partial charge is 0.144 e. The highest BCUT2D eigenvalue weighted by Crippen LogP contribution is 2.30. The lowest BCUT2D eigenvalue weighted by atomic mass is 10.0. The molecule has 6 heteroatoms. The van der Waals surface area contributed by atoms with Gasteiger partial charge in [-0.25, -0.2) is 4.98 Å². The molecule has 24 heavy (non-hydrogen) atoms. The second-order valence-electron chi connectivity index (χ2n) is 6.81. The normalized spacial score (nSPS) is 25.3. The van der Waals surface area contributed by atoms with Gasteiger partial charge in [-0.3, -0.25) is 9.69 Å². The monoisotopic (exact) mass is 329 g/mol. The lowest BCUT2D eigenvalue weighted by Gasteiger charge is -2.49. The summed E-state index contributed by atoms with van der Waals surface area (Å²) in [6, 6.07) is 4.94. The van der Waals surface area contributed by atoms with Crippen molar-refractivity contribution >= 4 is 17.8 Å². The molecule has 0 spiro atoms. The van der Waals surface area contributed by atoms with Crippen LogP contribution in [-0.2, 0) is 4.79 Å².